The van der Waals surface area contributed by atoms with E-state index in [2.05, 4.69) is 16.1 Å². The highest BCUT2D eigenvalue weighted by atomic mass is 16.5. The van der Waals surface area contributed by atoms with Gasteiger partial charge in [-0.3, -0.25) is 4.90 Å². The van der Waals surface area contributed by atoms with Gasteiger partial charge in [-0.15, -0.1) is 0 Å². The molecule has 0 radical (unpaired) electrons. The van der Waals surface area contributed by atoms with E-state index in [-0.39, 0.29) is 6.04 Å². The summed E-state index contributed by atoms with van der Waals surface area (Å²) in [4.78, 5) is 13.0. The van der Waals surface area contributed by atoms with Gasteiger partial charge in [0.2, 0.25) is 0 Å². The largest absolute Gasteiger partial charge is 0.453 e. The Balaban J connectivity index is 2.33. The van der Waals surface area contributed by atoms with Crippen molar-refractivity contribution in [2.24, 2.45) is 0 Å². The molecule has 1 aliphatic heterocycles. The average molecular weight is 197 g/mol. The third-order valence-electron chi connectivity index (χ3n) is 2.31. The molecule has 1 aliphatic rings. The molecular weight excluding hydrogens is 182 g/mol. The standard InChI is InChI=1S/C9H15N3O2/c1-14-9(13)11-8-3-2-5-12(7-8)6-4-10/h8H,2-3,5-7H2,1H3,(H,11,13). The summed E-state index contributed by atoms with van der Waals surface area (Å²) in [6.07, 6.45) is 1.57. The zero-order chi connectivity index (χ0) is 10.4. The second-order valence-electron chi connectivity index (χ2n) is 3.37. The van der Waals surface area contributed by atoms with Gasteiger partial charge in [0.15, 0.2) is 0 Å². The molecule has 1 heterocycles. The predicted octanol–water partition coefficient (Wildman–Crippen LogP) is 0.330. The number of amides is 1. The number of alkyl carbamates (subject to hydrolysis) is 1. The molecule has 5 nitrogen and oxygen atoms in total. The first-order chi connectivity index (χ1) is 6.76. The molecule has 1 atom stereocenters. The molecular formula is C9H15N3O2. The number of carbonyl (C=O) groups is 1. The Morgan fingerprint density at radius 3 is 3.21 bits per heavy atom. The van der Waals surface area contributed by atoms with Gasteiger partial charge in [0.1, 0.15) is 0 Å². The topological polar surface area (TPSA) is 65.4 Å². The smallest absolute Gasteiger partial charge is 0.407 e. The Labute approximate surface area is 83.6 Å². The van der Waals surface area contributed by atoms with Crippen molar-refractivity contribution in [2.45, 2.75) is 18.9 Å². The Morgan fingerprint density at radius 2 is 2.57 bits per heavy atom. The van der Waals surface area contributed by atoms with E-state index in [0.29, 0.717) is 6.54 Å². The first kappa shape index (κ1) is 10.8. The van der Waals surface area contributed by atoms with E-state index in [0.717, 1.165) is 25.9 Å². The number of methoxy groups -OCH3 is 1. The van der Waals surface area contributed by atoms with E-state index in [9.17, 15) is 4.79 Å². The van der Waals surface area contributed by atoms with Crippen molar-refractivity contribution in [3.05, 3.63) is 0 Å². The lowest BCUT2D eigenvalue weighted by Crippen LogP contribution is -2.47. The summed E-state index contributed by atoms with van der Waals surface area (Å²) in [5.74, 6) is 0. The third-order valence-corrected chi connectivity index (χ3v) is 2.31. The van der Waals surface area contributed by atoms with Crippen LogP contribution in [0.3, 0.4) is 0 Å². The van der Waals surface area contributed by atoms with Gasteiger partial charge in [-0.1, -0.05) is 0 Å². The van der Waals surface area contributed by atoms with Crippen molar-refractivity contribution in [1.82, 2.24) is 10.2 Å². The SMILES string of the molecule is COC(=O)NC1CCCN(CC#N)C1. The molecule has 0 aromatic rings. The lowest BCUT2D eigenvalue weighted by Gasteiger charge is -2.30. The molecule has 0 bridgehead atoms. The minimum atomic E-state index is -0.395. The maximum absolute atomic E-state index is 10.9. The lowest BCUT2D eigenvalue weighted by molar-refractivity contribution is 0.152. The van der Waals surface area contributed by atoms with Gasteiger partial charge in [0.05, 0.1) is 19.7 Å². The number of nitrogens with zero attached hydrogens (tertiary/aromatic N) is 2. The molecule has 1 saturated heterocycles. The molecule has 1 rings (SSSR count). The van der Waals surface area contributed by atoms with E-state index in [1.54, 1.807) is 0 Å². The number of nitrogens with one attached hydrogen (secondary N) is 1. The highest BCUT2D eigenvalue weighted by Gasteiger charge is 2.20. The Morgan fingerprint density at radius 1 is 1.79 bits per heavy atom. The molecule has 0 saturated carbocycles. The molecule has 0 spiro atoms. The van der Waals surface area contributed by atoms with Gasteiger partial charge in [0, 0.05) is 12.6 Å². The van der Waals surface area contributed by atoms with Crippen molar-refractivity contribution in [3.8, 4) is 6.07 Å². The van der Waals surface area contributed by atoms with Crippen LogP contribution >= 0.6 is 0 Å². The van der Waals surface area contributed by atoms with Crippen LogP contribution < -0.4 is 5.32 Å². The summed E-state index contributed by atoms with van der Waals surface area (Å²) in [5.41, 5.74) is 0. The molecule has 1 unspecified atom stereocenters. The minimum absolute atomic E-state index is 0.115. The number of piperidine rings is 1. The molecule has 0 aromatic heterocycles. The highest BCUT2D eigenvalue weighted by molar-refractivity contribution is 5.67. The van der Waals surface area contributed by atoms with Gasteiger partial charge in [-0.05, 0) is 19.4 Å². The number of nitriles is 1. The Kier molecular flexibility index (Phi) is 4.20. The minimum Gasteiger partial charge on any atom is -0.453 e. The molecule has 14 heavy (non-hydrogen) atoms. The Bertz CT molecular complexity index is 237. The second kappa shape index (κ2) is 5.45. The molecule has 1 amide bonds. The average Bonchev–Trinajstić information content (AvgIpc) is 2.19. The van der Waals surface area contributed by atoms with Crippen LogP contribution in [0.5, 0.6) is 0 Å². The zero-order valence-corrected chi connectivity index (χ0v) is 8.32. The van der Waals surface area contributed by atoms with Crippen LogP contribution in [0.1, 0.15) is 12.8 Å². The van der Waals surface area contributed by atoms with Gasteiger partial charge < -0.3 is 10.1 Å². The number of hydrogen-bond donors (Lipinski definition) is 1. The van der Waals surface area contributed by atoms with Crippen molar-refractivity contribution < 1.29 is 9.53 Å². The lowest BCUT2D eigenvalue weighted by atomic mass is 10.1. The summed E-state index contributed by atoms with van der Waals surface area (Å²) < 4.78 is 4.51. The first-order valence-corrected chi connectivity index (χ1v) is 4.70. The second-order valence-corrected chi connectivity index (χ2v) is 3.37. The fourth-order valence-electron chi connectivity index (χ4n) is 1.64. The van der Waals surface area contributed by atoms with Gasteiger partial charge in [0.25, 0.3) is 0 Å². The molecule has 0 aliphatic carbocycles. The molecule has 1 fully saturated rings. The van der Waals surface area contributed by atoms with E-state index in [4.69, 9.17) is 5.26 Å². The highest BCUT2D eigenvalue weighted by Crippen LogP contribution is 2.09. The van der Waals surface area contributed by atoms with Crippen molar-refractivity contribution in [2.75, 3.05) is 26.7 Å². The molecule has 5 heteroatoms. The molecule has 78 valence electrons. The quantitative estimate of drug-likeness (QED) is 0.648. The summed E-state index contributed by atoms with van der Waals surface area (Å²) >= 11 is 0. The molecule has 1 N–H and O–H groups in total. The van der Waals surface area contributed by atoms with Crippen molar-refractivity contribution in [1.29, 1.82) is 5.26 Å². The summed E-state index contributed by atoms with van der Waals surface area (Å²) in [6.45, 7) is 2.11. The van der Waals surface area contributed by atoms with Gasteiger partial charge >= 0.3 is 6.09 Å². The number of likely N-dealkylation sites (tertiary alicyclic amines) is 1. The van der Waals surface area contributed by atoms with Crippen LogP contribution in [-0.4, -0.2) is 43.8 Å². The van der Waals surface area contributed by atoms with E-state index in [1.165, 1.54) is 7.11 Å². The monoisotopic (exact) mass is 197 g/mol. The maximum Gasteiger partial charge on any atom is 0.407 e. The zero-order valence-electron chi connectivity index (χ0n) is 8.32. The summed E-state index contributed by atoms with van der Waals surface area (Å²) in [7, 11) is 1.35. The predicted molar refractivity (Wildman–Crippen MR) is 50.6 cm³/mol. The van der Waals surface area contributed by atoms with Gasteiger partial charge in [-0.2, -0.15) is 5.26 Å². The number of rotatable bonds is 2. The van der Waals surface area contributed by atoms with E-state index < -0.39 is 6.09 Å². The van der Waals surface area contributed by atoms with Crippen LogP contribution in [0.25, 0.3) is 0 Å². The number of ether oxygens (including phenoxy) is 1. The van der Waals surface area contributed by atoms with Crippen LogP contribution in [0.15, 0.2) is 0 Å². The van der Waals surface area contributed by atoms with Crippen LogP contribution in [0.2, 0.25) is 0 Å². The first-order valence-electron chi connectivity index (χ1n) is 4.70. The maximum atomic E-state index is 10.9. The van der Waals surface area contributed by atoms with Crippen LogP contribution in [0, 0.1) is 11.3 Å². The Hall–Kier alpha value is -1.28. The van der Waals surface area contributed by atoms with E-state index in [1.807, 2.05) is 4.90 Å². The van der Waals surface area contributed by atoms with Crippen molar-refractivity contribution >= 4 is 6.09 Å². The van der Waals surface area contributed by atoms with Crippen molar-refractivity contribution in [3.63, 3.8) is 0 Å². The normalized spacial score (nSPS) is 22.4. The summed E-state index contributed by atoms with van der Waals surface area (Å²) in [6, 6.07) is 2.22. The summed E-state index contributed by atoms with van der Waals surface area (Å²) in [5, 5.41) is 11.3. The fraction of sp³-hybridized carbons (Fsp3) is 0.778. The fourth-order valence-corrected chi connectivity index (χ4v) is 1.64. The number of hydrogen-bond acceptors (Lipinski definition) is 4. The van der Waals surface area contributed by atoms with Gasteiger partial charge in [-0.25, -0.2) is 4.79 Å². The number of carbonyl (C=O) groups excluding carboxylic acids is 1. The van der Waals surface area contributed by atoms with Crippen LogP contribution in [0.4, 0.5) is 4.79 Å². The molecule has 0 aromatic carbocycles. The van der Waals surface area contributed by atoms with Crippen LogP contribution in [-0.2, 0) is 4.74 Å². The third kappa shape index (κ3) is 3.23. The van der Waals surface area contributed by atoms with E-state index >= 15 is 0 Å².